The number of amides is 2. The first-order chi connectivity index (χ1) is 10.7. The van der Waals surface area contributed by atoms with Crippen LogP contribution in [0.4, 0.5) is 4.79 Å². The molecule has 0 aliphatic heterocycles. The van der Waals surface area contributed by atoms with Crippen LogP contribution in [0.25, 0.3) is 0 Å². The molecule has 1 aromatic rings. The first kappa shape index (κ1) is 19.4. The van der Waals surface area contributed by atoms with Crippen molar-refractivity contribution in [3.8, 4) is 5.75 Å². The number of rotatable bonds is 7. The highest BCUT2D eigenvalue weighted by atomic mass is 32.2. The molecule has 130 valence electrons. The van der Waals surface area contributed by atoms with Crippen LogP contribution in [0.2, 0.25) is 0 Å². The molecule has 1 aromatic carbocycles. The van der Waals surface area contributed by atoms with E-state index >= 15 is 0 Å². The van der Waals surface area contributed by atoms with Gasteiger partial charge in [0.15, 0.2) is 0 Å². The van der Waals surface area contributed by atoms with Crippen LogP contribution in [0.3, 0.4) is 0 Å². The average Bonchev–Trinajstić information content (AvgIpc) is 2.51. The zero-order valence-corrected chi connectivity index (χ0v) is 14.9. The fraction of sp³-hybridized carbons (Fsp3) is 0.562. The number of methoxy groups -OCH3 is 1. The summed E-state index contributed by atoms with van der Waals surface area (Å²) in [4.78, 5) is 11.7. The molecular weight excluding hydrogens is 316 g/mol. The Kier molecular flexibility index (Phi) is 7.51. The SMILES string of the molecule is COc1ccc([C@@H](O)CNC(=O)NCC[S@@](=O)C(C)(C)C)cc1. The summed E-state index contributed by atoms with van der Waals surface area (Å²) in [6.45, 7) is 6.12. The molecule has 2 amide bonds. The standard InChI is InChI=1S/C16H26N2O4S/c1-16(2,3)23(21)10-9-17-15(20)18-11-14(19)12-5-7-13(22-4)8-6-12/h5-8,14,19H,9-11H2,1-4H3,(H2,17,18,20)/t14-,23+/m0/s1. The molecule has 2 atom stereocenters. The molecule has 0 aliphatic rings. The van der Waals surface area contributed by atoms with E-state index in [1.54, 1.807) is 31.4 Å². The van der Waals surface area contributed by atoms with E-state index in [0.717, 1.165) is 0 Å². The van der Waals surface area contributed by atoms with Crippen LogP contribution in [-0.4, -0.2) is 46.0 Å². The molecule has 0 spiro atoms. The minimum atomic E-state index is -1.00. The molecular formula is C16H26N2O4S. The smallest absolute Gasteiger partial charge is 0.314 e. The summed E-state index contributed by atoms with van der Waals surface area (Å²) in [5.74, 6) is 1.11. The molecule has 0 unspecified atom stereocenters. The van der Waals surface area contributed by atoms with Gasteiger partial charge in [-0.2, -0.15) is 0 Å². The maximum atomic E-state index is 11.8. The maximum absolute atomic E-state index is 11.8. The van der Waals surface area contributed by atoms with Gasteiger partial charge >= 0.3 is 6.03 Å². The number of nitrogens with one attached hydrogen (secondary N) is 2. The average molecular weight is 342 g/mol. The highest BCUT2D eigenvalue weighted by molar-refractivity contribution is 7.86. The first-order valence-electron chi connectivity index (χ1n) is 7.46. The monoisotopic (exact) mass is 342 g/mol. The summed E-state index contributed by atoms with van der Waals surface area (Å²) in [5.41, 5.74) is 0.694. The fourth-order valence-electron chi connectivity index (χ4n) is 1.76. The summed E-state index contributed by atoms with van der Waals surface area (Å²) >= 11 is 0. The van der Waals surface area contributed by atoms with Crippen LogP contribution < -0.4 is 15.4 Å². The Morgan fingerprint density at radius 2 is 1.87 bits per heavy atom. The molecule has 0 saturated carbocycles. The van der Waals surface area contributed by atoms with Crippen molar-refractivity contribution in [3.05, 3.63) is 29.8 Å². The van der Waals surface area contributed by atoms with Crippen molar-refractivity contribution in [2.24, 2.45) is 0 Å². The lowest BCUT2D eigenvalue weighted by molar-refractivity contribution is 0.173. The van der Waals surface area contributed by atoms with Crippen molar-refractivity contribution in [2.45, 2.75) is 31.6 Å². The molecule has 1 rings (SSSR count). The Labute approximate surface area is 140 Å². The third-order valence-corrected chi connectivity index (χ3v) is 5.15. The third kappa shape index (κ3) is 7.00. The van der Waals surface area contributed by atoms with E-state index in [4.69, 9.17) is 4.74 Å². The maximum Gasteiger partial charge on any atom is 0.314 e. The lowest BCUT2D eigenvalue weighted by atomic mass is 10.1. The van der Waals surface area contributed by atoms with E-state index in [0.29, 0.717) is 23.6 Å². The predicted molar refractivity (Wildman–Crippen MR) is 92.1 cm³/mol. The van der Waals surface area contributed by atoms with Crippen LogP contribution in [0.5, 0.6) is 5.75 Å². The Bertz CT molecular complexity index is 526. The molecule has 0 heterocycles. The lowest BCUT2D eigenvalue weighted by Gasteiger charge is -2.18. The molecule has 3 N–H and O–H groups in total. The number of aliphatic hydroxyl groups excluding tert-OH is 1. The van der Waals surface area contributed by atoms with Gasteiger partial charge in [-0.05, 0) is 38.5 Å². The van der Waals surface area contributed by atoms with Crippen molar-refractivity contribution in [3.63, 3.8) is 0 Å². The Balaban J connectivity index is 2.31. The first-order valence-corrected chi connectivity index (χ1v) is 8.78. The van der Waals surface area contributed by atoms with Gasteiger partial charge < -0.3 is 20.5 Å². The number of aliphatic hydroxyl groups is 1. The molecule has 0 saturated heterocycles. The van der Waals surface area contributed by atoms with Crippen LogP contribution in [0.15, 0.2) is 24.3 Å². The highest BCUT2D eigenvalue weighted by Crippen LogP contribution is 2.16. The molecule has 6 nitrogen and oxygen atoms in total. The van der Waals surface area contributed by atoms with E-state index in [9.17, 15) is 14.1 Å². The number of benzene rings is 1. The topological polar surface area (TPSA) is 87.7 Å². The molecule has 23 heavy (non-hydrogen) atoms. The Morgan fingerprint density at radius 1 is 1.26 bits per heavy atom. The van der Waals surface area contributed by atoms with Gasteiger partial charge in [0.2, 0.25) is 0 Å². The largest absolute Gasteiger partial charge is 0.497 e. The number of carbonyl (C=O) groups is 1. The normalized spacial score (nSPS) is 14.0. The number of ether oxygens (including phenoxy) is 1. The lowest BCUT2D eigenvalue weighted by Crippen LogP contribution is -2.40. The van der Waals surface area contributed by atoms with Crippen molar-refractivity contribution < 1.29 is 18.8 Å². The van der Waals surface area contributed by atoms with Gasteiger partial charge in [0.1, 0.15) is 5.75 Å². The van der Waals surface area contributed by atoms with Gasteiger partial charge in [0.05, 0.1) is 13.2 Å². The molecule has 0 fully saturated rings. The molecule has 0 radical (unpaired) electrons. The van der Waals surface area contributed by atoms with Crippen molar-refractivity contribution in [1.82, 2.24) is 10.6 Å². The van der Waals surface area contributed by atoms with E-state index in [1.807, 2.05) is 20.8 Å². The van der Waals surface area contributed by atoms with Gasteiger partial charge in [-0.1, -0.05) is 12.1 Å². The number of urea groups is 1. The summed E-state index contributed by atoms with van der Waals surface area (Å²) in [7, 11) is 0.570. The van der Waals surface area contributed by atoms with E-state index in [1.165, 1.54) is 0 Å². The van der Waals surface area contributed by atoms with Crippen LogP contribution in [0, 0.1) is 0 Å². The zero-order chi connectivity index (χ0) is 17.5. The van der Waals surface area contributed by atoms with E-state index in [2.05, 4.69) is 10.6 Å². The summed E-state index contributed by atoms with van der Waals surface area (Å²) in [6, 6.07) is 6.61. The van der Waals surface area contributed by atoms with Gasteiger partial charge in [0.25, 0.3) is 0 Å². The predicted octanol–water partition coefficient (Wildman–Crippen LogP) is 1.57. The summed E-state index contributed by atoms with van der Waals surface area (Å²) in [5, 5.41) is 15.2. The van der Waals surface area contributed by atoms with E-state index < -0.39 is 16.9 Å². The zero-order valence-electron chi connectivity index (χ0n) is 14.1. The minimum Gasteiger partial charge on any atom is -0.497 e. The van der Waals surface area contributed by atoms with E-state index in [-0.39, 0.29) is 17.3 Å². The number of carbonyl (C=O) groups excluding carboxylic acids is 1. The van der Waals surface area contributed by atoms with Crippen LogP contribution in [0.1, 0.15) is 32.4 Å². The quantitative estimate of drug-likeness (QED) is 0.702. The molecule has 0 bridgehead atoms. The van der Waals surface area contributed by atoms with Crippen molar-refractivity contribution in [1.29, 1.82) is 0 Å². The second-order valence-electron chi connectivity index (χ2n) is 6.09. The number of hydrogen-bond acceptors (Lipinski definition) is 4. The summed E-state index contributed by atoms with van der Waals surface area (Å²) < 4.78 is 16.6. The van der Waals surface area contributed by atoms with Crippen molar-refractivity contribution in [2.75, 3.05) is 26.0 Å². The summed E-state index contributed by atoms with van der Waals surface area (Å²) in [6.07, 6.45) is -0.796. The van der Waals surface area contributed by atoms with Crippen molar-refractivity contribution >= 4 is 16.8 Å². The van der Waals surface area contributed by atoms with Crippen LogP contribution >= 0.6 is 0 Å². The fourth-order valence-corrected chi connectivity index (χ4v) is 2.66. The molecule has 0 aliphatic carbocycles. The second kappa shape index (κ2) is 8.88. The van der Waals surface area contributed by atoms with Gasteiger partial charge in [-0.3, -0.25) is 4.21 Å². The van der Waals surface area contributed by atoms with Gasteiger partial charge in [0, 0.05) is 34.4 Å². The van der Waals surface area contributed by atoms with Gasteiger partial charge in [-0.25, -0.2) is 4.79 Å². The van der Waals surface area contributed by atoms with Crippen LogP contribution in [-0.2, 0) is 10.8 Å². The minimum absolute atomic E-state index is 0.0977. The van der Waals surface area contributed by atoms with Gasteiger partial charge in [-0.15, -0.1) is 0 Å². The number of hydrogen-bond donors (Lipinski definition) is 3. The third-order valence-electron chi connectivity index (χ3n) is 3.21. The second-order valence-corrected chi connectivity index (χ2v) is 8.41. The highest BCUT2D eigenvalue weighted by Gasteiger charge is 2.19. The molecule has 0 aromatic heterocycles. The Morgan fingerprint density at radius 3 is 2.39 bits per heavy atom. The molecule has 7 heteroatoms. The Hall–Kier alpha value is -1.60.